The van der Waals surface area contributed by atoms with Crippen LogP contribution < -0.4 is 5.32 Å². The summed E-state index contributed by atoms with van der Waals surface area (Å²) in [5.74, 6) is -0.932. The maximum atomic E-state index is 13.5. The van der Waals surface area contributed by atoms with E-state index < -0.39 is 23.3 Å². The molecule has 1 N–H and O–H groups in total. The van der Waals surface area contributed by atoms with Gasteiger partial charge in [0, 0.05) is 0 Å². The molecule has 0 spiro atoms. The van der Waals surface area contributed by atoms with Gasteiger partial charge in [-0.25, -0.2) is 4.68 Å². The first kappa shape index (κ1) is 16.6. The molecule has 0 bridgehead atoms. The Labute approximate surface area is 140 Å². The number of halogens is 3. The average molecular weight is 347 g/mol. The highest BCUT2D eigenvalue weighted by Crippen LogP contribution is 2.34. The summed E-state index contributed by atoms with van der Waals surface area (Å²) in [7, 11) is 0. The van der Waals surface area contributed by atoms with Crippen LogP contribution in [0, 0.1) is 6.92 Å². The lowest BCUT2D eigenvalue weighted by Gasteiger charge is -2.13. The van der Waals surface area contributed by atoms with Gasteiger partial charge in [-0.1, -0.05) is 17.7 Å². The Morgan fingerprint density at radius 1 is 1.08 bits per heavy atom. The zero-order valence-corrected chi connectivity index (χ0v) is 12.9. The zero-order chi connectivity index (χ0) is 18.0. The fraction of sp³-hybridized carbons (Fsp3) is 0.125. The van der Waals surface area contributed by atoms with Crippen molar-refractivity contribution < 1.29 is 18.0 Å². The van der Waals surface area contributed by atoms with Crippen molar-refractivity contribution in [2.45, 2.75) is 13.1 Å². The molecule has 6 nitrogen and oxygen atoms in total. The van der Waals surface area contributed by atoms with Crippen LogP contribution in [0.15, 0.2) is 48.9 Å². The van der Waals surface area contributed by atoms with Crippen molar-refractivity contribution in [3.8, 4) is 5.69 Å². The molecular weight excluding hydrogens is 335 g/mol. The van der Waals surface area contributed by atoms with Gasteiger partial charge in [0.05, 0.1) is 35.5 Å². The zero-order valence-electron chi connectivity index (χ0n) is 12.9. The van der Waals surface area contributed by atoms with E-state index in [0.717, 1.165) is 11.8 Å². The first-order valence-electron chi connectivity index (χ1n) is 7.16. The molecule has 0 aliphatic heterocycles. The molecule has 0 atom stereocenters. The van der Waals surface area contributed by atoms with E-state index in [0.29, 0.717) is 4.68 Å². The molecule has 25 heavy (non-hydrogen) atoms. The minimum absolute atomic E-state index is 0.211. The Kier molecular flexibility index (Phi) is 4.22. The highest BCUT2D eigenvalue weighted by molar-refractivity contribution is 6.05. The minimum atomic E-state index is -4.76. The number of hydrogen-bond acceptors (Lipinski definition) is 4. The van der Waals surface area contributed by atoms with Gasteiger partial charge in [-0.3, -0.25) is 4.79 Å². The summed E-state index contributed by atoms with van der Waals surface area (Å²) < 4.78 is 41.3. The Balaban J connectivity index is 2.03. The number of alkyl halides is 3. The van der Waals surface area contributed by atoms with Crippen molar-refractivity contribution >= 4 is 11.6 Å². The average Bonchev–Trinajstić information content (AvgIpc) is 3.02. The topological polar surface area (TPSA) is 72.7 Å². The van der Waals surface area contributed by atoms with Gasteiger partial charge in [-0.2, -0.15) is 28.5 Å². The summed E-state index contributed by atoms with van der Waals surface area (Å²) in [6.45, 7) is 1.82. The van der Waals surface area contributed by atoms with Gasteiger partial charge in [0.15, 0.2) is 5.69 Å². The number of carbonyl (C=O) groups excluding carboxylic acids is 1. The Morgan fingerprint density at radius 3 is 2.40 bits per heavy atom. The number of anilines is 1. The fourth-order valence-corrected chi connectivity index (χ4v) is 2.23. The van der Waals surface area contributed by atoms with E-state index in [2.05, 4.69) is 20.6 Å². The van der Waals surface area contributed by atoms with Gasteiger partial charge in [-0.05, 0) is 25.1 Å². The van der Waals surface area contributed by atoms with Gasteiger partial charge in [0.1, 0.15) is 0 Å². The monoisotopic (exact) mass is 347 g/mol. The second-order valence-electron chi connectivity index (χ2n) is 5.24. The summed E-state index contributed by atoms with van der Waals surface area (Å²) in [5.41, 5.74) is -0.382. The molecule has 128 valence electrons. The molecular formula is C16H12F3N5O. The lowest BCUT2D eigenvalue weighted by atomic mass is 10.2. The number of nitrogens with one attached hydrogen (secondary N) is 1. The number of nitrogens with zero attached hydrogens (tertiary/aromatic N) is 4. The highest BCUT2D eigenvalue weighted by Gasteiger charge is 2.40. The lowest BCUT2D eigenvalue weighted by Crippen LogP contribution is -2.20. The third-order valence-electron chi connectivity index (χ3n) is 3.40. The SMILES string of the molecule is Cc1ccc(-n2ncc(C(=O)Nc3ccnnc3)c2C(F)(F)F)cc1. The number of benzene rings is 1. The Morgan fingerprint density at radius 2 is 1.80 bits per heavy atom. The molecule has 0 fully saturated rings. The molecule has 2 heterocycles. The first-order chi connectivity index (χ1) is 11.9. The molecule has 0 radical (unpaired) electrons. The van der Waals surface area contributed by atoms with Crippen LogP contribution in [0.4, 0.5) is 18.9 Å². The predicted molar refractivity (Wildman–Crippen MR) is 83.3 cm³/mol. The molecule has 3 rings (SSSR count). The molecule has 0 aliphatic rings. The van der Waals surface area contributed by atoms with Crippen molar-refractivity contribution in [1.82, 2.24) is 20.0 Å². The van der Waals surface area contributed by atoms with E-state index in [9.17, 15) is 18.0 Å². The second-order valence-corrected chi connectivity index (χ2v) is 5.24. The first-order valence-corrected chi connectivity index (χ1v) is 7.16. The van der Waals surface area contributed by atoms with Crippen LogP contribution in [0.2, 0.25) is 0 Å². The maximum absolute atomic E-state index is 13.5. The van der Waals surface area contributed by atoms with Crippen LogP contribution in [-0.2, 0) is 6.18 Å². The third-order valence-corrected chi connectivity index (χ3v) is 3.40. The summed E-state index contributed by atoms with van der Waals surface area (Å²) in [5, 5.41) is 13.2. The third kappa shape index (κ3) is 3.49. The number of aromatic nitrogens is 4. The van der Waals surface area contributed by atoms with Gasteiger partial charge < -0.3 is 5.32 Å². The van der Waals surface area contributed by atoms with Crippen molar-refractivity contribution in [2.75, 3.05) is 5.32 Å². The summed E-state index contributed by atoms with van der Waals surface area (Å²) in [4.78, 5) is 12.3. The summed E-state index contributed by atoms with van der Waals surface area (Å²) in [6, 6.07) is 7.76. The van der Waals surface area contributed by atoms with Crippen LogP contribution in [0.3, 0.4) is 0 Å². The molecule has 0 aliphatic carbocycles. The lowest BCUT2D eigenvalue weighted by molar-refractivity contribution is -0.143. The van der Waals surface area contributed by atoms with Gasteiger partial charge in [0.25, 0.3) is 5.91 Å². The van der Waals surface area contributed by atoms with Crippen molar-refractivity contribution in [2.24, 2.45) is 0 Å². The maximum Gasteiger partial charge on any atom is 0.434 e. The molecule has 1 aromatic carbocycles. The predicted octanol–water partition coefficient (Wildman–Crippen LogP) is 3.24. The number of rotatable bonds is 3. The van der Waals surface area contributed by atoms with Gasteiger partial charge in [0.2, 0.25) is 0 Å². The molecule has 0 unspecified atom stereocenters. The quantitative estimate of drug-likeness (QED) is 0.789. The number of carbonyl (C=O) groups is 1. The van der Waals surface area contributed by atoms with E-state index in [4.69, 9.17) is 0 Å². The molecule has 9 heteroatoms. The van der Waals surface area contributed by atoms with Crippen LogP contribution in [0.5, 0.6) is 0 Å². The summed E-state index contributed by atoms with van der Waals surface area (Å²) in [6.07, 6.45) is -1.32. The van der Waals surface area contributed by atoms with Crippen molar-refractivity contribution in [3.05, 3.63) is 65.7 Å². The van der Waals surface area contributed by atoms with Gasteiger partial charge >= 0.3 is 6.18 Å². The van der Waals surface area contributed by atoms with Crippen molar-refractivity contribution in [3.63, 3.8) is 0 Å². The number of amides is 1. The molecule has 1 amide bonds. The summed E-state index contributed by atoms with van der Waals surface area (Å²) >= 11 is 0. The standard InChI is InChI=1S/C16H12F3N5O/c1-10-2-4-12(5-3-10)24-14(16(17,18)19)13(9-22-24)15(25)23-11-6-7-20-21-8-11/h2-9H,1H3,(H,20,23,25). The number of hydrogen-bond donors (Lipinski definition) is 1. The van der Waals surface area contributed by atoms with E-state index in [1.807, 2.05) is 6.92 Å². The number of aryl methyl sites for hydroxylation is 1. The second kappa shape index (κ2) is 6.34. The Bertz CT molecular complexity index is 888. The van der Waals surface area contributed by atoms with Crippen LogP contribution in [0.25, 0.3) is 5.69 Å². The Hall–Kier alpha value is -3.23. The largest absolute Gasteiger partial charge is 0.434 e. The van der Waals surface area contributed by atoms with E-state index in [1.165, 1.54) is 30.6 Å². The minimum Gasteiger partial charge on any atom is -0.320 e. The molecule has 0 saturated heterocycles. The van der Waals surface area contributed by atoms with Gasteiger partial charge in [-0.15, -0.1) is 0 Å². The van der Waals surface area contributed by atoms with E-state index >= 15 is 0 Å². The van der Waals surface area contributed by atoms with Crippen LogP contribution in [0.1, 0.15) is 21.6 Å². The van der Waals surface area contributed by atoms with E-state index in [1.54, 1.807) is 12.1 Å². The smallest absolute Gasteiger partial charge is 0.320 e. The fourth-order valence-electron chi connectivity index (χ4n) is 2.23. The highest BCUT2D eigenvalue weighted by atomic mass is 19.4. The molecule has 2 aromatic heterocycles. The van der Waals surface area contributed by atoms with Crippen molar-refractivity contribution in [1.29, 1.82) is 0 Å². The molecule has 0 saturated carbocycles. The van der Waals surface area contributed by atoms with Crippen LogP contribution in [-0.4, -0.2) is 25.9 Å². The van der Waals surface area contributed by atoms with Crippen LogP contribution >= 0.6 is 0 Å². The van der Waals surface area contributed by atoms with E-state index in [-0.39, 0.29) is 11.4 Å². The normalized spacial score (nSPS) is 11.4. The molecule has 3 aromatic rings.